The number of nitrogens with one attached hydrogen (secondary N) is 1. The normalized spacial score (nSPS) is 17.7. The summed E-state index contributed by atoms with van der Waals surface area (Å²) in [5, 5.41) is 7.66. The van der Waals surface area contributed by atoms with Crippen LogP contribution in [0, 0.1) is 11.2 Å². The van der Waals surface area contributed by atoms with Gasteiger partial charge in [-0.1, -0.05) is 19.9 Å². The molecule has 7 nitrogen and oxygen atoms in total. The van der Waals surface area contributed by atoms with E-state index in [0.717, 1.165) is 12.8 Å². The van der Waals surface area contributed by atoms with Gasteiger partial charge in [-0.05, 0) is 49.7 Å². The molecule has 1 spiro atoms. The minimum absolute atomic E-state index is 0.132. The van der Waals surface area contributed by atoms with Crippen molar-refractivity contribution in [3.8, 4) is 5.69 Å². The average molecular weight is 429 g/mol. The first kappa shape index (κ1) is 21.5. The topological polar surface area (TPSA) is 82.5 Å². The summed E-state index contributed by atoms with van der Waals surface area (Å²) >= 11 is 0. The molecule has 0 bridgehead atoms. The lowest BCUT2D eigenvalue weighted by atomic mass is 9.76. The number of fused-ring (bicyclic) bond motifs is 1. The van der Waals surface area contributed by atoms with Crippen molar-refractivity contribution in [1.82, 2.24) is 15.1 Å². The quantitative estimate of drug-likeness (QED) is 0.738. The Labute approximate surface area is 180 Å². The molecule has 0 aliphatic carbocycles. The van der Waals surface area contributed by atoms with E-state index in [1.165, 1.54) is 10.7 Å². The van der Waals surface area contributed by atoms with Crippen LogP contribution in [-0.4, -0.2) is 48.0 Å². The number of benzene rings is 1. The van der Waals surface area contributed by atoms with Crippen LogP contribution >= 0.6 is 0 Å². The van der Waals surface area contributed by atoms with E-state index in [2.05, 4.69) is 10.4 Å². The molecule has 1 saturated heterocycles. The van der Waals surface area contributed by atoms with Gasteiger partial charge in [-0.15, -0.1) is 0 Å². The Bertz CT molecular complexity index is 995. The van der Waals surface area contributed by atoms with E-state index in [-0.39, 0.29) is 29.2 Å². The van der Waals surface area contributed by atoms with Crippen LogP contribution in [0.15, 0.2) is 18.2 Å². The fourth-order valence-electron chi connectivity index (χ4n) is 4.42. The second-order valence-electron chi connectivity index (χ2n) is 8.28. The van der Waals surface area contributed by atoms with Gasteiger partial charge >= 0.3 is 5.97 Å². The van der Waals surface area contributed by atoms with Crippen molar-refractivity contribution in [2.75, 3.05) is 26.4 Å². The van der Waals surface area contributed by atoms with E-state index < -0.39 is 11.8 Å². The molecule has 0 atom stereocenters. The van der Waals surface area contributed by atoms with Gasteiger partial charge in [0, 0.05) is 19.8 Å². The number of nitrogens with zero attached hydrogens (tertiary/aromatic N) is 2. The molecule has 3 heterocycles. The van der Waals surface area contributed by atoms with Crippen LogP contribution in [0.1, 0.15) is 65.2 Å². The van der Waals surface area contributed by atoms with E-state index >= 15 is 4.39 Å². The van der Waals surface area contributed by atoms with Crippen LogP contribution in [0.25, 0.3) is 5.69 Å². The summed E-state index contributed by atoms with van der Waals surface area (Å²) in [4.78, 5) is 25.3. The summed E-state index contributed by atoms with van der Waals surface area (Å²) in [6, 6.07) is 4.60. The number of hydrogen-bond acceptors (Lipinski definition) is 5. The van der Waals surface area contributed by atoms with Gasteiger partial charge in [0.05, 0.1) is 29.1 Å². The zero-order valence-corrected chi connectivity index (χ0v) is 18.0. The number of carbonyl (C=O) groups excluding carboxylic acids is 2. The average Bonchev–Trinajstić information content (AvgIpc) is 3.07. The second kappa shape index (κ2) is 8.78. The SMILES string of the molecule is CCCOC(=O)c1cccc(-n2nc(CC)c3c2CC2(CCOCC2)CNC3=O)c1F. The Morgan fingerprint density at radius 2 is 2.10 bits per heavy atom. The fourth-order valence-corrected chi connectivity index (χ4v) is 4.42. The van der Waals surface area contributed by atoms with Gasteiger partial charge in [-0.25, -0.2) is 13.9 Å². The third-order valence-corrected chi connectivity index (χ3v) is 6.20. The molecular weight excluding hydrogens is 401 g/mol. The van der Waals surface area contributed by atoms with Crippen LogP contribution in [0.4, 0.5) is 4.39 Å². The summed E-state index contributed by atoms with van der Waals surface area (Å²) in [5.74, 6) is -1.57. The van der Waals surface area contributed by atoms with E-state index in [0.29, 0.717) is 56.0 Å². The molecule has 1 fully saturated rings. The molecule has 2 aromatic rings. The number of esters is 1. The maximum absolute atomic E-state index is 15.5. The van der Waals surface area contributed by atoms with E-state index in [9.17, 15) is 9.59 Å². The largest absolute Gasteiger partial charge is 0.462 e. The van der Waals surface area contributed by atoms with Gasteiger partial charge in [0.2, 0.25) is 0 Å². The van der Waals surface area contributed by atoms with Gasteiger partial charge in [-0.2, -0.15) is 5.10 Å². The molecule has 1 aromatic carbocycles. The van der Waals surface area contributed by atoms with E-state index in [1.54, 1.807) is 12.1 Å². The molecule has 0 saturated carbocycles. The van der Waals surface area contributed by atoms with Gasteiger partial charge < -0.3 is 14.8 Å². The first-order valence-corrected chi connectivity index (χ1v) is 10.9. The summed E-state index contributed by atoms with van der Waals surface area (Å²) in [6.07, 6.45) is 3.40. The molecule has 0 radical (unpaired) electrons. The summed E-state index contributed by atoms with van der Waals surface area (Å²) in [7, 11) is 0. The summed E-state index contributed by atoms with van der Waals surface area (Å²) in [6.45, 7) is 5.84. The minimum atomic E-state index is -0.700. The van der Waals surface area contributed by atoms with Gasteiger partial charge in [0.1, 0.15) is 5.69 Å². The van der Waals surface area contributed by atoms with Crippen LogP contribution in [-0.2, 0) is 22.3 Å². The summed E-state index contributed by atoms with van der Waals surface area (Å²) < 4.78 is 27.7. The predicted molar refractivity (Wildman–Crippen MR) is 112 cm³/mol. The maximum atomic E-state index is 15.5. The lowest BCUT2D eigenvalue weighted by molar-refractivity contribution is 0.0154. The number of ether oxygens (including phenoxy) is 2. The van der Waals surface area contributed by atoms with Crippen molar-refractivity contribution in [1.29, 1.82) is 0 Å². The smallest absolute Gasteiger partial charge is 0.341 e. The van der Waals surface area contributed by atoms with Crippen LogP contribution in [0.3, 0.4) is 0 Å². The number of aromatic nitrogens is 2. The highest BCUT2D eigenvalue weighted by Gasteiger charge is 2.40. The second-order valence-corrected chi connectivity index (χ2v) is 8.28. The molecule has 2 aliphatic heterocycles. The molecule has 1 amide bonds. The first-order chi connectivity index (χ1) is 15.0. The molecule has 31 heavy (non-hydrogen) atoms. The van der Waals surface area contributed by atoms with Crippen molar-refractivity contribution < 1.29 is 23.5 Å². The minimum Gasteiger partial charge on any atom is -0.462 e. The highest BCUT2D eigenvalue weighted by molar-refractivity contribution is 5.97. The zero-order valence-electron chi connectivity index (χ0n) is 18.0. The van der Waals surface area contributed by atoms with E-state index in [4.69, 9.17) is 9.47 Å². The number of aryl methyl sites for hydroxylation is 1. The number of hydrogen-bond donors (Lipinski definition) is 1. The van der Waals surface area contributed by atoms with Crippen LogP contribution in [0.5, 0.6) is 0 Å². The highest BCUT2D eigenvalue weighted by atomic mass is 19.1. The van der Waals surface area contributed by atoms with Crippen LogP contribution < -0.4 is 5.32 Å². The molecule has 0 unspecified atom stereocenters. The Morgan fingerprint density at radius 1 is 1.32 bits per heavy atom. The first-order valence-electron chi connectivity index (χ1n) is 10.9. The van der Waals surface area contributed by atoms with Crippen molar-refractivity contribution in [3.63, 3.8) is 0 Å². The summed E-state index contributed by atoms with van der Waals surface area (Å²) in [5.41, 5.74) is 1.69. The lowest BCUT2D eigenvalue weighted by Gasteiger charge is -2.36. The lowest BCUT2D eigenvalue weighted by Crippen LogP contribution is -2.40. The Kier molecular flexibility index (Phi) is 6.09. The third-order valence-electron chi connectivity index (χ3n) is 6.20. The van der Waals surface area contributed by atoms with Crippen molar-refractivity contribution in [2.24, 2.45) is 5.41 Å². The molecule has 1 aromatic heterocycles. The predicted octanol–water partition coefficient (Wildman–Crippen LogP) is 3.22. The molecule has 2 aliphatic rings. The monoisotopic (exact) mass is 429 g/mol. The van der Waals surface area contributed by atoms with Crippen molar-refractivity contribution >= 4 is 11.9 Å². The fraction of sp³-hybridized carbons (Fsp3) is 0.522. The Balaban J connectivity index is 1.82. The van der Waals surface area contributed by atoms with Crippen LogP contribution in [0.2, 0.25) is 0 Å². The van der Waals surface area contributed by atoms with Gasteiger partial charge in [0.15, 0.2) is 5.82 Å². The number of rotatable bonds is 5. The highest BCUT2D eigenvalue weighted by Crippen LogP contribution is 2.38. The molecule has 166 valence electrons. The van der Waals surface area contributed by atoms with Gasteiger partial charge in [0.25, 0.3) is 5.91 Å². The van der Waals surface area contributed by atoms with Crippen molar-refractivity contribution in [3.05, 3.63) is 46.5 Å². The molecule has 1 N–H and O–H groups in total. The van der Waals surface area contributed by atoms with Crippen molar-refractivity contribution in [2.45, 2.75) is 46.0 Å². The molecular formula is C23H28FN3O4. The Hall–Kier alpha value is -2.74. The Morgan fingerprint density at radius 3 is 2.81 bits per heavy atom. The molecule has 8 heteroatoms. The van der Waals surface area contributed by atoms with E-state index in [1.807, 2.05) is 13.8 Å². The number of amides is 1. The zero-order chi connectivity index (χ0) is 22.0. The van der Waals surface area contributed by atoms with Gasteiger partial charge in [-0.3, -0.25) is 4.79 Å². The third kappa shape index (κ3) is 3.96. The maximum Gasteiger partial charge on any atom is 0.341 e. The molecule has 4 rings (SSSR count). The number of carbonyl (C=O) groups is 2. The number of halogens is 1. The standard InChI is InChI=1S/C23H28FN3O4/c1-3-10-31-22(29)15-6-5-7-17(20(15)24)27-18-13-23(8-11-30-12-9-23)14-25-21(28)19(18)16(4-2)26-27/h5-7H,3-4,8-14H2,1-2H3,(H,25,28).